The average molecular weight is 736 g/mol. The molecule has 3 N–H and O–H groups in total. The van der Waals surface area contributed by atoms with Crippen molar-refractivity contribution < 1.29 is 33.8 Å². The van der Waals surface area contributed by atoms with Crippen LogP contribution in [0.25, 0.3) is 11.1 Å². The number of carbonyl (C=O) groups excluding carboxylic acids is 3. The maximum atomic E-state index is 14.6. The fourth-order valence-corrected chi connectivity index (χ4v) is 9.00. The van der Waals surface area contributed by atoms with E-state index in [9.17, 15) is 19.5 Å². The van der Waals surface area contributed by atoms with Crippen molar-refractivity contribution >= 4 is 23.5 Å². The Morgan fingerprint density at radius 2 is 1.85 bits per heavy atom. The van der Waals surface area contributed by atoms with E-state index in [1.165, 1.54) is 6.42 Å². The fourth-order valence-electron chi connectivity index (χ4n) is 9.00. The molecule has 1 saturated heterocycles. The normalized spacial score (nSPS) is 26.8. The molecule has 3 saturated carbocycles. The lowest BCUT2D eigenvalue weighted by atomic mass is 9.45. The highest BCUT2D eigenvalue weighted by molar-refractivity contribution is 5.97. The summed E-state index contributed by atoms with van der Waals surface area (Å²) in [5.41, 5.74) is 3.94. The van der Waals surface area contributed by atoms with E-state index in [4.69, 9.17) is 14.3 Å². The first kappa shape index (κ1) is 40.5. The maximum Gasteiger partial charge on any atom is 0.306 e. The van der Waals surface area contributed by atoms with Crippen LogP contribution >= 0.6 is 0 Å². The van der Waals surface area contributed by atoms with Gasteiger partial charge in [-0.2, -0.15) is 5.06 Å². The molecule has 0 spiro atoms. The van der Waals surface area contributed by atoms with Crippen LogP contribution in [0, 0.1) is 29.1 Å². The molecule has 53 heavy (non-hydrogen) atoms. The van der Waals surface area contributed by atoms with Crippen molar-refractivity contribution in [3.05, 3.63) is 47.5 Å². The molecule has 12 heteroatoms. The SMILES string of the molecule is CNC(=O)c1cc(-c2cccc(CN3O[C@@H](CO)[C@@H]([C@H](C)OC(=O)CCCN(C)C)[C@H]3C(=O)N[C@H]3C[C@H]4C[C@@H]([C@@H]3C)C4(C)C)c2OC)cc(N(C)C)c1. The van der Waals surface area contributed by atoms with Crippen LogP contribution in [0.1, 0.15) is 69.3 Å². The van der Waals surface area contributed by atoms with Gasteiger partial charge >= 0.3 is 5.97 Å². The Bertz CT molecular complexity index is 1630. The summed E-state index contributed by atoms with van der Waals surface area (Å²) >= 11 is 0. The summed E-state index contributed by atoms with van der Waals surface area (Å²) in [6.07, 6.45) is 1.50. The summed E-state index contributed by atoms with van der Waals surface area (Å²) in [6.45, 7) is 9.23. The molecule has 2 aromatic rings. The molecule has 2 bridgehead atoms. The highest BCUT2D eigenvalue weighted by atomic mass is 16.7. The Balaban J connectivity index is 1.47. The van der Waals surface area contributed by atoms with Gasteiger partial charge in [-0.3, -0.25) is 19.2 Å². The minimum Gasteiger partial charge on any atom is -0.496 e. The Kier molecular flexibility index (Phi) is 12.8. The van der Waals surface area contributed by atoms with Gasteiger partial charge in [0.05, 0.1) is 26.2 Å². The summed E-state index contributed by atoms with van der Waals surface area (Å²) < 4.78 is 12.0. The van der Waals surface area contributed by atoms with Crippen molar-refractivity contribution in [1.82, 2.24) is 20.6 Å². The third-order valence-electron chi connectivity index (χ3n) is 12.2. The first-order valence-corrected chi connectivity index (χ1v) is 19.0. The van der Waals surface area contributed by atoms with Crippen molar-refractivity contribution in [2.24, 2.45) is 29.1 Å². The van der Waals surface area contributed by atoms with Crippen LogP contribution in [0.4, 0.5) is 5.69 Å². The monoisotopic (exact) mass is 735 g/mol. The van der Waals surface area contributed by atoms with Crippen molar-refractivity contribution in [3.8, 4) is 16.9 Å². The number of aliphatic hydroxyl groups excluding tert-OH is 1. The van der Waals surface area contributed by atoms with Crippen LogP contribution in [-0.2, 0) is 25.7 Å². The molecular formula is C41H61N5O7. The molecule has 8 atom stereocenters. The van der Waals surface area contributed by atoms with E-state index in [-0.39, 0.29) is 48.8 Å². The number of hydrogen-bond donors (Lipinski definition) is 3. The van der Waals surface area contributed by atoms with Gasteiger partial charge in [-0.1, -0.05) is 39.0 Å². The van der Waals surface area contributed by atoms with Gasteiger partial charge in [0.25, 0.3) is 5.91 Å². The second-order valence-corrected chi connectivity index (χ2v) is 16.3. The molecule has 2 amide bonds. The van der Waals surface area contributed by atoms with Gasteiger partial charge in [0, 0.05) is 56.0 Å². The smallest absolute Gasteiger partial charge is 0.306 e. The lowest BCUT2D eigenvalue weighted by Crippen LogP contribution is -2.62. The van der Waals surface area contributed by atoms with E-state index in [2.05, 4.69) is 31.4 Å². The van der Waals surface area contributed by atoms with E-state index in [1.54, 1.807) is 26.1 Å². The van der Waals surface area contributed by atoms with E-state index in [0.29, 0.717) is 35.5 Å². The topological polar surface area (TPSA) is 133 Å². The second kappa shape index (κ2) is 16.8. The van der Waals surface area contributed by atoms with Gasteiger partial charge in [0.2, 0.25) is 5.91 Å². The zero-order valence-electron chi connectivity index (χ0n) is 33.3. The number of ether oxygens (including phenoxy) is 2. The number of rotatable bonds is 15. The van der Waals surface area contributed by atoms with Crippen LogP contribution in [0.15, 0.2) is 36.4 Å². The zero-order chi connectivity index (χ0) is 38.8. The quantitative estimate of drug-likeness (QED) is 0.227. The summed E-state index contributed by atoms with van der Waals surface area (Å²) in [5.74, 6) is 0.575. The van der Waals surface area contributed by atoms with E-state index in [0.717, 1.165) is 35.3 Å². The number of methoxy groups -OCH3 is 1. The molecule has 0 radical (unpaired) electrons. The minimum absolute atomic E-state index is 0.00944. The van der Waals surface area contributed by atoms with Crippen molar-refractivity contribution in [2.45, 2.75) is 84.2 Å². The lowest BCUT2D eigenvalue weighted by molar-refractivity contribution is -0.183. The van der Waals surface area contributed by atoms with Crippen molar-refractivity contribution in [2.75, 3.05) is 60.4 Å². The first-order valence-electron chi connectivity index (χ1n) is 19.0. The molecule has 292 valence electrons. The Labute approximate surface area is 315 Å². The number of fused-ring (bicyclic) bond motifs is 2. The van der Waals surface area contributed by atoms with Gasteiger partial charge in [-0.05, 0) is 93.8 Å². The number of benzene rings is 2. The third kappa shape index (κ3) is 8.51. The molecule has 3 aliphatic carbocycles. The molecule has 2 aromatic carbocycles. The molecule has 1 heterocycles. The first-order chi connectivity index (χ1) is 25.1. The lowest BCUT2D eigenvalue weighted by Gasteiger charge is -2.62. The second-order valence-electron chi connectivity index (χ2n) is 16.3. The van der Waals surface area contributed by atoms with Gasteiger partial charge in [0.15, 0.2) is 0 Å². The largest absolute Gasteiger partial charge is 0.496 e. The number of carbonyl (C=O) groups is 3. The Morgan fingerprint density at radius 1 is 1.11 bits per heavy atom. The van der Waals surface area contributed by atoms with E-state index >= 15 is 0 Å². The molecule has 4 fully saturated rings. The van der Waals surface area contributed by atoms with Crippen LogP contribution < -0.4 is 20.3 Å². The summed E-state index contributed by atoms with van der Waals surface area (Å²) in [5, 5.41) is 18.4. The predicted molar refractivity (Wildman–Crippen MR) is 205 cm³/mol. The number of aliphatic hydroxyl groups is 1. The van der Waals surface area contributed by atoms with Gasteiger partial charge in [-0.25, -0.2) is 0 Å². The molecule has 0 aromatic heterocycles. The Morgan fingerprint density at radius 3 is 2.45 bits per heavy atom. The number of esters is 1. The average Bonchev–Trinajstić information content (AvgIpc) is 3.49. The highest BCUT2D eigenvalue weighted by Crippen LogP contribution is 2.61. The number of nitrogens with zero attached hydrogens (tertiary/aromatic N) is 3. The zero-order valence-corrected chi connectivity index (χ0v) is 33.3. The summed E-state index contributed by atoms with van der Waals surface area (Å²) in [4.78, 5) is 50.7. The number of nitrogens with one attached hydrogen (secondary N) is 2. The van der Waals surface area contributed by atoms with Gasteiger partial charge in [0.1, 0.15) is 24.0 Å². The van der Waals surface area contributed by atoms with Crippen LogP contribution in [-0.4, -0.2) is 113 Å². The van der Waals surface area contributed by atoms with E-state index < -0.39 is 24.2 Å². The molecule has 1 aliphatic heterocycles. The number of amides is 2. The molecule has 4 aliphatic rings. The highest BCUT2D eigenvalue weighted by Gasteiger charge is 2.57. The number of anilines is 1. The van der Waals surface area contributed by atoms with Gasteiger partial charge < -0.3 is 35.0 Å². The standard InChI is InChI=1S/C41H61N5O7/c1-24-32-20-29(41(32,3)4)21-33(24)43-40(50)37-36(25(2)52-35(48)15-12-16-44(6)7)34(23-47)53-46(37)22-26-13-11-14-31(38(26)51-10)27-17-28(39(49)42-5)19-30(18-27)45(8)9/h11,13-14,17-19,24-25,29,32-34,36-37,47H,12,15-16,20-23H2,1-10H3,(H,42,49)(H,43,50)/t24-,25-,29+,32-,33-,34-,36+,37-/m0/s1. The molecule has 6 rings (SSSR count). The van der Waals surface area contributed by atoms with E-state index in [1.807, 2.05) is 74.4 Å². The fraction of sp³-hybridized carbons (Fsp3) is 0.634. The summed E-state index contributed by atoms with van der Waals surface area (Å²) in [6, 6.07) is 10.6. The molecule has 0 unspecified atom stereocenters. The maximum absolute atomic E-state index is 14.6. The molecular weight excluding hydrogens is 674 g/mol. The van der Waals surface area contributed by atoms with Crippen LogP contribution in [0.3, 0.4) is 0 Å². The number of hydroxylamine groups is 2. The molecule has 12 nitrogen and oxygen atoms in total. The third-order valence-corrected chi connectivity index (χ3v) is 12.2. The Hall–Kier alpha value is -3.71. The minimum atomic E-state index is -0.861. The van der Waals surface area contributed by atoms with Crippen LogP contribution in [0.2, 0.25) is 0 Å². The van der Waals surface area contributed by atoms with Gasteiger partial charge in [-0.15, -0.1) is 0 Å². The number of hydrogen-bond acceptors (Lipinski definition) is 10. The van der Waals surface area contributed by atoms with Crippen molar-refractivity contribution in [3.63, 3.8) is 0 Å². The number of para-hydroxylation sites is 1. The van der Waals surface area contributed by atoms with Crippen LogP contribution in [0.5, 0.6) is 5.75 Å². The summed E-state index contributed by atoms with van der Waals surface area (Å²) in [7, 11) is 11.0. The van der Waals surface area contributed by atoms with Crippen molar-refractivity contribution in [1.29, 1.82) is 0 Å². The predicted octanol–water partition coefficient (Wildman–Crippen LogP) is 4.34.